The molecule has 2 rings (SSSR count). The fourth-order valence-corrected chi connectivity index (χ4v) is 3.82. The van der Waals surface area contributed by atoms with Gasteiger partial charge in [0.15, 0.2) is 0 Å². The molecule has 0 aliphatic carbocycles. The third-order valence-electron chi connectivity index (χ3n) is 2.83. The molecule has 0 radical (unpaired) electrons. The molecule has 0 saturated carbocycles. The zero-order valence-corrected chi connectivity index (χ0v) is 11.6. The molecule has 3 nitrogen and oxygen atoms in total. The molecule has 1 aliphatic rings. The Morgan fingerprint density at radius 2 is 1.82 bits per heavy atom. The summed E-state index contributed by atoms with van der Waals surface area (Å²) < 4.78 is 39.9. The molecular formula is C11H13BrFNO2S. The first-order valence-corrected chi connectivity index (χ1v) is 7.70. The fourth-order valence-electron chi connectivity index (χ4n) is 1.93. The molecule has 1 aromatic rings. The summed E-state index contributed by atoms with van der Waals surface area (Å²) in [7, 11) is -3.67. The lowest BCUT2D eigenvalue weighted by atomic mass is 10.2. The van der Waals surface area contributed by atoms with Gasteiger partial charge >= 0.3 is 0 Å². The van der Waals surface area contributed by atoms with Crippen LogP contribution < -0.4 is 0 Å². The Morgan fingerprint density at radius 3 is 2.41 bits per heavy atom. The van der Waals surface area contributed by atoms with E-state index in [0.717, 1.165) is 19.3 Å². The Kier molecular flexibility index (Phi) is 3.85. The average Bonchev–Trinajstić information content (AvgIpc) is 2.29. The zero-order valence-electron chi connectivity index (χ0n) is 9.20. The van der Waals surface area contributed by atoms with Crippen molar-refractivity contribution in [2.45, 2.75) is 24.2 Å². The molecule has 1 fully saturated rings. The van der Waals surface area contributed by atoms with E-state index in [9.17, 15) is 12.8 Å². The van der Waals surface area contributed by atoms with Gasteiger partial charge in [-0.1, -0.05) is 22.4 Å². The molecule has 94 valence electrons. The van der Waals surface area contributed by atoms with Gasteiger partial charge in [-0.15, -0.1) is 0 Å². The lowest BCUT2D eigenvalue weighted by molar-refractivity contribution is 0.345. The quantitative estimate of drug-likeness (QED) is 0.840. The minimum atomic E-state index is -3.67. The number of sulfonamides is 1. The maximum atomic E-state index is 13.7. The largest absolute Gasteiger partial charge is 0.245 e. The van der Waals surface area contributed by atoms with Gasteiger partial charge in [-0.25, -0.2) is 12.8 Å². The van der Waals surface area contributed by atoms with Crippen LogP contribution in [0.4, 0.5) is 4.39 Å². The lowest BCUT2D eigenvalue weighted by Gasteiger charge is -2.26. The summed E-state index contributed by atoms with van der Waals surface area (Å²) in [6, 6.07) is 4.03. The second-order valence-corrected chi connectivity index (χ2v) is 6.86. The Balaban J connectivity index is 2.37. The molecule has 0 atom stereocenters. The summed E-state index contributed by atoms with van der Waals surface area (Å²) in [5.41, 5.74) is 0. The van der Waals surface area contributed by atoms with E-state index in [1.807, 2.05) is 0 Å². The van der Waals surface area contributed by atoms with E-state index >= 15 is 0 Å². The Morgan fingerprint density at radius 1 is 1.18 bits per heavy atom. The van der Waals surface area contributed by atoms with Crippen molar-refractivity contribution >= 4 is 26.0 Å². The molecule has 0 bridgehead atoms. The van der Waals surface area contributed by atoms with Crippen LogP contribution in [0.1, 0.15) is 19.3 Å². The minimum absolute atomic E-state index is 0.234. The van der Waals surface area contributed by atoms with E-state index in [2.05, 4.69) is 15.9 Å². The zero-order chi connectivity index (χ0) is 12.5. The summed E-state index contributed by atoms with van der Waals surface area (Å²) in [5, 5.41) is 0. The molecular weight excluding hydrogens is 309 g/mol. The second-order valence-electron chi connectivity index (χ2n) is 4.04. The van der Waals surface area contributed by atoms with Crippen molar-refractivity contribution in [3.63, 3.8) is 0 Å². The molecule has 0 amide bonds. The number of benzene rings is 1. The van der Waals surface area contributed by atoms with Gasteiger partial charge in [0.25, 0.3) is 0 Å². The van der Waals surface area contributed by atoms with Crippen LogP contribution >= 0.6 is 15.9 Å². The molecule has 1 saturated heterocycles. The van der Waals surface area contributed by atoms with Crippen molar-refractivity contribution in [2.24, 2.45) is 0 Å². The normalized spacial score (nSPS) is 18.2. The second kappa shape index (κ2) is 5.04. The van der Waals surface area contributed by atoms with Crippen LogP contribution in [-0.2, 0) is 10.0 Å². The van der Waals surface area contributed by atoms with Crippen LogP contribution in [0, 0.1) is 5.82 Å². The van der Waals surface area contributed by atoms with Crippen molar-refractivity contribution in [3.8, 4) is 0 Å². The Hall–Kier alpha value is -0.460. The summed E-state index contributed by atoms with van der Waals surface area (Å²) in [5.74, 6) is -0.704. The maximum absolute atomic E-state index is 13.7. The van der Waals surface area contributed by atoms with Gasteiger partial charge in [-0.2, -0.15) is 4.31 Å². The summed E-state index contributed by atoms with van der Waals surface area (Å²) >= 11 is 3.11. The monoisotopic (exact) mass is 321 g/mol. The first kappa shape index (κ1) is 13.0. The van der Waals surface area contributed by atoms with Crippen molar-refractivity contribution in [2.75, 3.05) is 13.1 Å². The maximum Gasteiger partial charge on any atom is 0.245 e. The van der Waals surface area contributed by atoms with Crippen LogP contribution in [0.25, 0.3) is 0 Å². The molecule has 0 unspecified atom stereocenters. The van der Waals surface area contributed by atoms with E-state index in [1.165, 1.54) is 16.4 Å². The van der Waals surface area contributed by atoms with E-state index in [4.69, 9.17) is 0 Å². The first-order valence-electron chi connectivity index (χ1n) is 5.47. The predicted molar refractivity (Wildman–Crippen MR) is 66.7 cm³/mol. The highest BCUT2D eigenvalue weighted by Gasteiger charge is 2.28. The predicted octanol–water partition coefficient (Wildman–Crippen LogP) is 2.76. The Bertz CT molecular complexity index is 512. The molecule has 0 N–H and O–H groups in total. The van der Waals surface area contributed by atoms with Gasteiger partial charge < -0.3 is 0 Å². The average molecular weight is 322 g/mol. The van der Waals surface area contributed by atoms with Crippen LogP contribution in [0.3, 0.4) is 0 Å². The number of hydrogen-bond acceptors (Lipinski definition) is 2. The van der Waals surface area contributed by atoms with Crippen molar-refractivity contribution in [1.29, 1.82) is 0 Å². The summed E-state index contributed by atoms with van der Waals surface area (Å²) in [6.45, 7) is 0.968. The number of nitrogens with zero attached hydrogens (tertiary/aromatic N) is 1. The third kappa shape index (κ3) is 2.69. The molecule has 17 heavy (non-hydrogen) atoms. The van der Waals surface area contributed by atoms with Crippen LogP contribution in [0.5, 0.6) is 0 Å². The van der Waals surface area contributed by atoms with E-state index in [1.54, 1.807) is 6.07 Å². The van der Waals surface area contributed by atoms with Gasteiger partial charge in [0, 0.05) is 17.6 Å². The fraction of sp³-hybridized carbons (Fsp3) is 0.455. The summed E-state index contributed by atoms with van der Waals surface area (Å²) in [6.07, 6.45) is 2.73. The number of hydrogen-bond donors (Lipinski definition) is 0. The third-order valence-corrected chi connectivity index (χ3v) is 5.25. The highest BCUT2D eigenvalue weighted by atomic mass is 79.9. The van der Waals surface area contributed by atoms with Crippen LogP contribution in [0.2, 0.25) is 0 Å². The van der Waals surface area contributed by atoms with Crippen LogP contribution in [-0.4, -0.2) is 25.8 Å². The van der Waals surface area contributed by atoms with Gasteiger partial charge in [-0.05, 0) is 31.0 Å². The van der Waals surface area contributed by atoms with E-state index in [0.29, 0.717) is 17.6 Å². The van der Waals surface area contributed by atoms with E-state index < -0.39 is 15.8 Å². The van der Waals surface area contributed by atoms with Crippen molar-refractivity contribution < 1.29 is 12.8 Å². The lowest BCUT2D eigenvalue weighted by Crippen LogP contribution is -2.36. The molecule has 0 spiro atoms. The van der Waals surface area contributed by atoms with Gasteiger partial charge in [0.2, 0.25) is 10.0 Å². The summed E-state index contributed by atoms with van der Waals surface area (Å²) in [4.78, 5) is -0.234. The Labute approximate surface area is 109 Å². The van der Waals surface area contributed by atoms with Crippen molar-refractivity contribution in [1.82, 2.24) is 4.31 Å². The molecule has 1 aromatic carbocycles. The van der Waals surface area contributed by atoms with Crippen LogP contribution in [0.15, 0.2) is 27.6 Å². The SMILES string of the molecule is O=S(=O)(c1ccc(Br)cc1F)N1CCCCC1. The number of rotatable bonds is 2. The molecule has 1 aliphatic heterocycles. The smallest absolute Gasteiger partial charge is 0.207 e. The molecule has 0 aromatic heterocycles. The minimum Gasteiger partial charge on any atom is -0.207 e. The first-order chi connectivity index (χ1) is 8.01. The van der Waals surface area contributed by atoms with Crippen molar-refractivity contribution in [3.05, 3.63) is 28.5 Å². The number of halogens is 2. The molecule has 6 heteroatoms. The molecule has 1 heterocycles. The standard InChI is InChI=1S/C11H13BrFNO2S/c12-9-4-5-11(10(13)8-9)17(15,16)14-6-2-1-3-7-14/h4-5,8H,1-3,6-7H2. The highest BCUT2D eigenvalue weighted by Crippen LogP contribution is 2.24. The van der Waals surface area contributed by atoms with Gasteiger partial charge in [0.1, 0.15) is 10.7 Å². The highest BCUT2D eigenvalue weighted by molar-refractivity contribution is 9.10. The topological polar surface area (TPSA) is 37.4 Å². The van der Waals surface area contributed by atoms with Gasteiger partial charge in [-0.3, -0.25) is 0 Å². The van der Waals surface area contributed by atoms with E-state index in [-0.39, 0.29) is 4.90 Å². The number of piperidine rings is 1. The van der Waals surface area contributed by atoms with Gasteiger partial charge in [0.05, 0.1) is 0 Å².